The normalized spacial score (nSPS) is 27.5. The number of ether oxygens (including phenoxy) is 3. The van der Waals surface area contributed by atoms with E-state index in [0.717, 1.165) is 5.56 Å². The van der Waals surface area contributed by atoms with Crippen molar-refractivity contribution in [3.8, 4) is 5.75 Å². The molecule has 4 rings (SSSR count). The van der Waals surface area contributed by atoms with E-state index in [9.17, 15) is 14.7 Å². The first kappa shape index (κ1) is 23.3. The van der Waals surface area contributed by atoms with Crippen LogP contribution in [0.15, 0.2) is 24.3 Å². The van der Waals surface area contributed by atoms with Crippen LogP contribution in [0.5, 0.6) is 5.75 Å². The maximum atomic E-state index is 12.6. The Morgan fingerprint density at radius 3 is 2.42 bits per heavy atom. The first-order chi connectivity index (χ1) is 14.6. The molecule has 0 aliphatic heterocycles. The zero-order valence-electron chi connectivity index (χ0n) is 18.8. The summed E-state index contributed by atoms with van der Waals surface area (Å²) in [5.74, 6) is 0.388. The molecule has 3 N–H and O–H groups in total. The Morgan fingerprint density at radius 1 is 1.13 bits per heavy atom. The van der Waals surface area contributed by atoms with Crippen LogP contribution in [-0.4, -0.2) is 53.6 Å². The second-order valence-electron chi connectivity index (χ2n) is 9.66. The molecule has 0 radical (unpaired) electrons. The largest absolute Gasteiger partial charge is 0.483 e. The van der Waals surface area contributed by atoms with Gasteiger partial charge in [-0.2, -0.15) is 0 Å². The summed E-state index contributed by atoms with van der Waals surface area (Å²) in [6.45, 7) is 5.71. The standard InChI is InChI=1S/C23H34N2O6/c1-21(2,3)31-20(28)25-23-11-9-22(10-12-23,13-18(23)26)24-19(27)15-30-17-8-6-5-7-16(17)14-29-4/h5-8,18,26H,9-15H2,1-4H3,(H,24,27)(H,25,28)/t18-,22?,23?/m0/s1. The fourth-order valence-electron chi connectivity index (χ4n) is 4.56. The Balaban J connectivity index is 1.55. The van der Waals surface area contributed by atoms with Crippen molar-refractivity contribution in [1.29, 1.82) is 0 Å². The number of carbonyl (C=O) groups is 2. The number of para-hydroxylation sites is 1. The Bertz CT molecular complexity index is 796. The van der Waals surface area contributed by atoms with Crippen molar-refractivity contribution in [2.75, 3.05) is 13.7 Å². The molecule has 8 nitrogen and oxygen atoms in total. The molecule has 1 atom stereocenters. The van der Waals surface area contributed by atoms with Crippen LogP contribution >= 0.6 is 0 Å². The van der Waals surface area contributed by atoms with Gasteiger partial charge in [-0.15, -0.1) is 0 Å². The Kier molecular flexibility index (Phi) is 6.81. The number of aliphatic hydroxyl groups excluding tert-OH is 1. The lowest BCUT2D eigenvalue weighted by molar-refractivity contribution is -0.129. The zero-order chi connectivity index (χ0) is 22.7. The average Bonchev–Trinajstić information content (AvgIpc) is 2.67. The van der Waals surface area contributed by atoms with Crippen LogP contribution < -0.4 is 15.4 Å². The quantitative estimate of drug-likeness (QED) is 0.609. The van der Waals surface area contributed by atoms with E-state index in [1.807, 2.05) is 24.3 Å². The third-order valence-electron chi connectivity index (χ3n) is 6.11. The highest BCUT2D eigenvalue weighted by molar-refractivity contribution is 5.78. The van der Waals surface area contributed by atoms with Gasteiger partial charge >= 0.3 is 6.09 Å². The lowest BCUT2D eigenvalue weighted by atomic mass is 9.60. The van der Waals surface area contributed by atoms with Crippen LogP contribution in [0, 0.1) is 0 Å². The van der Waals surface area contributed by atoms with Gasteiger partial charge in [-0.1, -0.05) is 18.2 Å². The molecule has 1 aromatic carbocycles. The predicted molar refractivity (Wildman–Crippen MR) is 115 cm³/mol. The average molecular weight is 435 g/mol. The fourth-order valence-corrected chi connectivity index (χ4v) is 4.56. The van der Waals surface area contributed by atoms with E-state index in [1.165, 1.54) is 0 Å². The van der Waals surface area contributed by atoms with E-state index >= 15 is 0 Å². The summed E-state index contributed by atoms with van der Waals surface area (Å²) < 4.78 is 16.2. The van der Waals surface area contributed by atoms with Crippen molar-refractivity contribution in [2.24, 2.45) is 0 Å². The van der Waals surface area contributed by atoms with Crippen LogP contribution in [0.25, 0.3) is 0 Å². The van der Waals surface area contributed by atoms with Gasteiger partial charge in [0.25, 0.3) is 5.91 Å². The molecule has 2 amide bonds. The molecule has 31 heavy (non-hydrogen) atoms. The molecule has 2 bridgehead atoms. The number of fused-ring (bicyclic) bond motifs is 3. The molecule has 0 heterocycles. The lowest BCUT2D eigenvalue weighted by Gasteiger charge is -2.56. The van der Waals surface area contributed by atoms with Crippen molar-refractivity contribution in [3.63, 3.8) is 0 Å². The van der Waals surface area contributed by atoms with Crippen LogP contribution in [0.1, 0.15) is 58.4 Å². The topological polar surface area (TPSA) is 106 Å². The van der Waals surface area contributed by atoms with Crippen molar-refractivity contribution in [1.82, 2.24) is 10.6 Å². The van der Waals surface area contributed by atoms with Crippen LogP contribution in [-0.2, 0) is 20.9 Å². The van der Waals surface area contributed by atoms with Crippen molar-refractivity contribution >= 4 is 12.0 Å². The van der Waals surface area contributed by atoms with Crippen LogP contribution in [0.4, 0.5) is 4.79 Å². The number of benzene rings is 1. The molecule has 0 aromatic heterocycles. The zero-order valence-corrected chi connectivity index (χ0v) is 18.8. The third-order valence-corrected chi connectivity index (χ3v) is 6.11. The van der Waals surface area contributed by atoms with Gasteiger partial charge in [0.1, 0.15) is 11.4 Å². The highest BCUT2D eigenvalue weighted by Crippen LogP contribution is 2.47. The van der Waals surface area contributed by atoms with Gasteiger partial charge in [0.15, 0.2) is 6.61 Å². The number of methoxy groups -OCH3 is 1. The molecule has 3 saturated carbocycles. The fraction of sp³-hybridized carbons (Fsp3) is 0.652. The van der Waals surface area contributed by atoms with Gasteiger partial charge in [0.2, 0.25) is 0 Å². The number of hydrogen-bond acceptors (Lipinski definition) is 6. The number of aliphatic hydroxyl groups is 1. The second kappa shape index (κ2) is 9.04. The number of amides is 2. The SMILES string of the molecule is COCc1ccccc1OCC(=O)NC12CCC(NC(=O)OC(C)(C)C)(CC1)[C@@H](O)C2. The number of rotatable bonds is 7. The molecule has 0 saturated heterocycles. The summed E-state index contributed by atoms with van der Waals surface area (Å²) in [5, 5.41) is 16.8. The minimum atomic E-state index is -0.758. The highest BCUT2D eigenvalue weighted by Gasteiger charge is 2.55. The van der Waals surface area contributed by atoms with E-state index in [-0.39, 0.29) is 12.5 Å². The summed E-state index contributed by atoms with van der Waals surface area (Å²) in [5.41, 5.74) is -0.915. The Morgan fingerprint density at radius 2 is 1.81 bits per heavy atom. The number of nitrogens with one attached hydrogen (secondary N) is 2. The maximum Gasteiger partial charge on any atom is 0.408 e. The molecule has 3 aliphatic rings. The van der Waals surface area contributed by atoms with Crippen molar-refractivity contribution < 1.29 is 28.9 Å². The van der Waals surface area contributed by atoms with E-state index < -0.39 is 28.9 Å². The summed E-state index contributed by atoms with van der Waals surface area (Å²) in [6, 6.07) is 7.44. The molecule has 0 spiro atoms. The highest BCUT2D eigenvalue weighted by atomic mass is 16.6. The van der Waals surface area contributed by atoms with Gasteiger partial charge in [0.05, 0.1) is 18.2 Å². The van der Waals surface area contributed by atoms with Gasteiger partial charge in [-0.25, -0.2) is 4.79 Å². The number of carbonyl (C=O) groups excluding carboxylic acids is 2. The second-order valence-corrected chi connectivity index (χ2v) is 9.66. The molecular formula is C23H34N2O6. The first-order valence-electron chi connectivity index (χ1n) is 10.8. The van der Waals surface area contributed by atoms with Crippen LogP contribution in [0.3, 0.4) is 0 Å². The van der Waals surface area contributed by atoms with Gasteiger partial charge in [0, 0.05) is 18.2 Å². The molecule has 8 heteroatoms. The molecule has 3 aliphatic carbocycles. The number of hydrogen-bond donors (Lipinski definition) is 3. The van der Waals surface area contributed by atoms with E-state index in [1.54, 1.807) is 27.9 Å². The molecule has 0 unspecified atom stereocenters. The Labute approximate surface area is 183 Å². The van der Waals surface area contributed by atoms with Gasteiger partial charge < -0.3 is 30.0 Å². The van der Waals surface area contributed by atoms with Gasteiger partial charge in [-0.05, 0) is 58.9 Å². The Hall–Kier alpha value is -2.32. The first-order valence-corrected chi connectivity index (χ1v) is 10.8. The summed E-state index contributed by atoms with van der Waals surface area (Å²) in [7, 11) is 1.61. The predicted octanol–water partition coefficient (Wildman–Crippen LogP) is 2.67. The molecule has 1 aromatic rings. The maximum absolute atomic E-state index is 12.6. The smallest absolute Gasteiger partial charge is 0.408 e. The minimum Gasteiger partial charge on any atom is -0.483 e. The van der Waals surface area contributed by atoms with E-state index in [2.05, 4.69) is 10.6 Å². The molecule has 172 valence electrons. The van der Waals surface area contributed by atoms with Gasteiger partial charge in [-0.3, -0.25) is 4.79 Å². The summed E-state index contributed by atoms with van der Waals surface area (Å²) in [4.78, 5) is 24.9. The minimum absolute atomic E-state index is 0.111. The number of alkyl carbamates (subject to hydrolysis) is 1. The van der Waals surface area contributed by atoms with E-state index in [4.69, 9.17) is 14.2 Å². The third kappa shape index (κ3) is 5.68. The van der Waals surface area contributed by atoms with Crippen molar-refractivity contribution in [3.05, 3.63) is 29.8 Å². The molecular weight excluding hydrogens is 400 g/mol. The van der Waals surface area contributed by atoms with E-state index in [0.29, 0.717) is 44.5 Å². The summed E-state index contributed by atoms with van der Waals surface area (Å²) in [6.07, 6.45) is 1.60. The monoisotopic (exact) mass is 434 g/mol. The lowest BCUT2D eigenvalue weighted by Crippen LogP contribution is -2.70. The molecule has 3 fully saturated rings. The summed E-state index contributed by atoms with van der Waals surface area (Å²) >= 11 is 0. The van der Waals surface area contributed by atoms with Crippen molar-refractivity contribution in [2.45, 2.75) is 82.3 Å². The van der Waals surface area contributed by atoms with Crippen LogP contribution in [0.2, 0.25) is 0 Å².